The highest BCUT2D eigenvalue weighted by atomic mass is 16.5. The van der Waals surface area contributed by atoms with Gasteiger partial charge >= 0.3 is 6.03 Å². The van der Waals surface area contributed by atoms with Crippen molar-refractivity contribution < 1.29 is 14.3 Å². The number of carbonyl (C=O) groups excluding carboxylic acids is 1. The lowest BCUT2D eigenvalue weighted by Gasteiger charge is -2.15. The number of hydrogen-bond acceptors (Lipinski definition) is 5. The molecule has 0 aliphatic rings. The van der Waals surface area contributed by atoms with Crippen LogP contribution in [0.4, 0.5) is 10.6 Å². The minimum absolute atomic E-state index is 0.140. The lowest BCUT2D eigenvalue weighted by atomic mass is 10.1. The molecule has 3 aromatic rings. The SMILES string of the molecule is COc1n[nH]c2cc(NC(=O)NC(C)c3ccccc3)nc(OC)c12. The first kappa shape index (κ1) is 16.6. The van der Waals surface area contributed by atoms with E-state index in [9.17, 15) is 4.79 Å². The molecule has 0 aliphatic heterocycles. The first-order valence-electron chi connectivity index (χ1n) is 7.72. The van der Waals surface area contributed by atoms with E-state index in [1.807, 2.05) is 37.3 Å². The number of ether oxygens (including phenoxy) is 2. The highest BCUT2D eigenvalue weighted by Gasteiger charge is 2.16. The first-order valence-corrected chi connectivity index (χ1v) is 7.72. The molecule has 0 aliphatic carbocycles. The van der Waals surface area contributed by atoms with Crippen LogP contribution in [0, 0.1) is 0 Å². The van der Waals surface area contributed by atoms with Gasteiger partial charge < -0.3 is 14.8 Å². The summed E-state index contributed by atoms with van der Waals surface area (Å²) in [5.74, 6) is 1.04. The van der Waals surface area contributed by atoms with Crippen LogP contribution in [0.5, 0.6) is 11.8 Å². The Morgan fingerprint density at radius 2 is 1.88 bits per heavy atom. The third kappa shape index (κ3) is 3.47. The number of carbonyl (C=O) groups is 1. The average Bonchev–Trinajstić information content (AvgIpc) is 3.04. The smallest absolute Gasteiger partial charge is 0.320 e. The van der Waals surface area contributed by atoms with Crippen molar-refractivity contribution >= 4 is 22.8 Å². The topological polar surface area (TPSA) is 101 Å². The van der Waals surface area contributed by atoms with Gasteiger partial charge in [0.2, 0.25) is 11.8 Å². The zero-order valence-electron chi connectivity index (χ0n) is 14.2. The van der Waals surface area contributed by atoms with Crippen LogP contribution >= 0.6 is 0 Å². The first-order chi connectivity index (χ1) is 12.1. The van der Waals surface area contributed by atoms with E-state index < -0.39 is 0 Å². The molecule has 0 bridgehead atoms. The Balaban J connectivity index is 1.77. The Bertz CT molecular complexity index is 879. The van der Waals surface area contributed by atoms with Gasteiger partial charge in [-0.25, -0.2) is 4.79 Å². The Morgan fingerprint density at radius 1 is 1.16 bits per heavy atom. The quantitative estimate of drug-likeness (QED) is 0.662. The van der Waals surface area contributed by atoms with Gasteiger partial charge in [0.15, 0.2) is 0 Å². The van der Waals surface area contributed by atoms with E-state index in [0.717, 1.165) is 5.56 Å². The molecule has 2 heterocycles. The van der Waals surface area contributed by atoms with E-state index in [0.29, 0.717) is 28.5 Å². The molecule has 0 spiro atoms. The van der Waals surface area contributed by atoms with Gasteiger partial charge in [0.25, 0.3) is 0 Å². The summed E-state index contributed by atoms with van der Waals surface area (Å²) >= 11 is 0. The summed E-state index contributed by atoms with van der Waals surface area (Å²) in [4.78, 5) is 16.5. The van der Waals surface area contributed by atoms with Crippen molar-refractivity contribution in [2.45, 2.75) is 13.0 Å². The molecule has 8 heteroatoms. The molecule has 25 heavy (non-hydrogen) atoms. The molecule has 2 amide bonds. The number of urea groups is 1. The summed E-state index contributed by atoms with van der Waals surface area (Å²) in [5.41, 5.74) is 1.66. The van der Waals surface area contributed by atoms with Crippen LogP contribution in [-0.2, 0) is 0 Å². The molecule has 3 N–H and O–H groups in total. The van der Waals surface area contributed by atoms with Gasteiger partial charge in [0, 0.05) is 6.07 Å². The van der Waals surface area contributed by atoms with Crippen molar-refractivity contribution in [1.29, 1.82) is 0 Å². The van der Waals surface area contributed by atoms with Crippen LogP contribution in [0.2, 0.25) is 0 Å². The van der Waals surface area contributed by atoms with E-state index in [1.165, 1.54) is 14.2 Å². The number of methoxy groups -OCH3 is 2. The fourth-order valence-corrected chi connectivity index (χ4v) is 2.52. The van der Waals surface area contributed by atoms with Crippen LogP contribution in [0.3, 0.4) is 0 Å². The summed E-state index contributed by atoms with van der Waals surface area (Å²) < 4.78 is 10.4. The molecule has 0 radical (unpaired) electrons. The molecule has 0 saturated heterocycles. The predicted molar refractivity (Wildman–Crippen MR) is 94.0 cm³/mol. The van der Waals surface area contributed by atoms with Gasteiger partial charge in [0.05, 0.1) is 25.8 Å². The monoisotopic (exact) mass is 341 g/mol. The zero-order chi connectivity index (χ0) is 17.8. The van der Waals surface area contributed by atoms with Crippen molar-refractivity contribution in [1.82, 2.24) is 20.5 Å². The second-order valence-electron chi connectivity index (χ2n) is 5.40. The van der Waals surface area contributed by atoms with Crippen molar-refractivity contribution in [3.63, 3.8) is 0 Å². The van der Waals surface area contributed by atoms with Gasteiger partial charge in [-0.15, -0.1) is 5.10 Å². The van der Waals surface area contributed by atoms with Gasteiger partial charge in [-0.3, -0.25) is 10.4 Å². The number of H-pyrrole nitrogens is 1. The number of anilines is 1. The van der Waals surface area contributed by atoms with Crippen molar-refractivity contribution in [2.75, 3.05) is 19.5 Å². The maximum atomic E-state index is 12.2. The largest absolute Gasteiger partial charge is 0.480 e. The second-order valence-corrected chi connectivity index (χ2v) is 5.40. The molecule has 1 atom stereocenters. The van der Waals surface area contributed by atoms with E-state index >= 15 is 0 Å². The summed E-state index contributed by atoms with van der Waals surface area (Å²) in [7, 11) is 3.01. The third-order valence-corrected chi connectivity index (χ3v) is 3.75. The number of pyridine rings is 1. The molecule has 3 rings (SSSR count). The number of aromatic nitrogens is 3. The molecule has 130 valence electrons. The number of rotatable bonds is 5. The molecule has 0 fully saturated rings. The lowest BCUT2D eigenvalue weighted by Crippen LogP contribution is -2.31. The van der Waals surface area contributed by atoms with Gasteiger partial charge in [-0.05, 0) is 12.5 Å². The van der Waals surface area contributed by atoms with Crippen LogP contribution in [0.15, 0.2) is 36.4 Å². The second kappa shape index (κ2) is 7.08. The lowest BCUT2D eigenvalue weighted by molar-refractivity contribution is 0.249. The number of benzene rings is 1. The number of nitrogens with one attached hydrogen (secondary N) is 3. The molecule has 1 aromatic carbocycles. The zero-order valence-corrected chi connectivity index (χ0v) is 14.2. The maximum Gasteiger partial charge on any atom is 0.320 e. The molecular weight excluding hydrogens is 322 g/mol. The number of amides is 2. The molecule has 0 saturated carbocycles. The minimum atomic E-state index is -0.364. The fraction of sp³-hybridized carbons (Fsp3) is 0.235. The number of aromatic amines is 1. The van der Waals surface area contributed by atoms with Gasteiger partial charge in [-0.1, -0.05) is 30.3 Å². The minimum Gasteiger partial charge on any atom is -0.480 e. The predicted octanol–water partition coefficient (Wildman–Crippen LogP) is 2.86. The molecule has 2 aromatic heterocycles. The fourth-order valence-electron chi connectivity index (χ4n) is 2.52. The van der Waals surface area contributed by atoms with Gasteiger partial charge in [0.1, 0.15) is 11.2 Å². The van der Waals surface area contributed by atoms with Crippen molar-refractivity contribution in [2.24, 2.45) is 0 Å². The number of fused-ring (bicyclic) bond motifs is 1. The normalized spacial score (nSPS) is 11.8. The highest BCUT2D eigenvalue weighted by molar-refractivity contribution is 5.94. The Morgan fingerprint density at radius 3 is 2.56 bits per heavy atom. The maximum absolute atomic E-state index is 12.2. The summed E-state index contributed by atoms with van der Waals surface area (Å²) in [6.07, 6.45) is 0. The van der Waals surface area contributed by atoms with E-state index in [-0.39, 0.29) is 12.1 Å². The Hall–Kier alpha value is -3.29. The van der Waals surface area contributed by atoms with Crippen molar-refractivity contribution in [3.05, 3.63) is 42.0 Å². The van der Waals surface area contributed by atoms with Crippen LogP contribution in [-0.4, -0.2) is 35.4 Å². The number of hydrogen-bond donors (Lipinski definition) is 3. The van der Waals surface area contributed by atoms with Crippen LogP contribution < -0.4 is 20.1 Å². The molecule has 1 unspecified atom stereocenters. The van der Waals surface area contributed by atoms with Crippen molar-refractivity contribution in [3.8, 4) is 11.8 Å². The summed E-state index contributed by atoms with van der Waals surface area (Å²) in [6, 6.07) is 10.9. The summed E-state index contributed by atoms with van der Waals surface area (Å²) in [6.45, 7) is 1.91. The highest BCUT2D eigenvalue weighted by Crippen LogP contribution is 2.32. The molecule has 8 nitrogen and oxygen atoms in total. The van der Waals surface area contributed by atoms with E-state index in [2.05, 4.69) is 25.8 Å². The summed E-state index contributed by atoms with van der Waals surface area (Å²) in [5, 5.41) is 13.1. The number of nitrogens with zero attached hydrogens (tertiary/aromatic N) is 2. The average molecular weight is 341 g/mol. The Kier molecular flexibility index (Phi) is 4.69. The third-order valence-electron chi connectivity index (χ3n) is 3.75. The molecular formula is C17H19N5O3. The van der Waals surface area contributed by atoms with Crippen LogP contribution in [0.1, 0.15) is 18.5 Å². The van der Waals surface area contributed by atoms with Crippen LogP contribution in [0.25, 0.3) is 10.9 Å². The Labute approximate surface area is 144 Å². The van der Waals surface area contributed by atoms with Gasteiger partial charge in [-0.2, -0.15) is 4.98 Å². The van der Waals surface area contributed by atoms with E-state index in [1.54, 1.807) is 6.07 Å². The standard InChI is InChI=1S/C17H19N5O3/c1-10(11-7-5-4-6-8-11)18-17(23)20-13-9-12-14(15(19-13)24-2)16(25-3)22-21-12/h4-10H,1-3H3,(H,21,22)(H2,18,19,20,23). The van der Waals surface area contributed by atoms with E-state index in [4.69, 9.17) is 9.47 Å².